The van der Waals surface area contributed by atoms with Gasteiger partial charge >= 0.3 is 0 Å². The standard InChI is InChI=1S/C21H20ClN5O6S/c22-16-8-7-12(10-17(16)34(31,32)23-11-13-4-3-9-33-13)19(28)25-27-21(30)18-14-5-1-2-6-15(14)20(29)26-24-18/h1-2,5-8,10,13,23H,3-4,9,11H2,(H,25,28)(H,26,29)(H,27,30)/t13-/m1/s1. The number of nitrogens with zero attached hydrogens (tertiary/aromatic N) is 1. The second kappa shape index (κ2) is 9.89. The Morgan fingerprint density at radius 3 is 2.59 bits per heavy atom. The number of carbonyl (C=O) groups excluding carboxylic acids is 2. The van der Waals surface area contributed by atoms with Gasteiger partial charge in [-0.3, -0.25) is 25.2 Å². The number of hydrogen-bond acceptors (Lipinski definition) is 7. The van der Waals surface area contributed by atoms with Gasteiger partial charge in [0, 0.05) is 24.1 Å². The van der Waals surface area contributed by atoms with Gasteiger partial charge in [-0.15, -0.1) is 0 Å². The number of nitrogens with one attached hydrogen (secondary N) is 4. The van der Waals surface area contributed by atoms with Crippen molar-refractivity contribution in [1.29, 1.82) is 0 Å². The van der Waals surface area contributed by atoms with Gasteiger partial charge in [-0.2, -0.15) is 5.10 Å². The fourth-order valence-corrected chi connectivity index (χ4v) is 5.06. The average Bonchev–Trinajstić information content (AvgIpc) is 3.35. The molecule has 1 atom stereocenters. The van der Waals surface area contributed by atoms with Crippen molar-refractivity contribution < 1.29 is 22.7 Å². The minimum Gasteiger partial charge on any atom is -0.377 e. The largest absolute Gasteiger partial charge is 0.377 e. The lowest BCUT2D eigenvalue weighted by molar-refractivity contribution is 0.0844. The molecule has 1 fully saturated rings. The molecule has 1 aliphatic heterocycles. The van der Waals surface area contributed by atoms with Crippen LogP contribution < -0.4 is 21.1 Å². The summed E-state index contributed by atoms with van der Waals surface area (Å²) in [5.74, 6) is -1.56. The van der Waals surface area contributed by atoms with Gasteiger partial charge in [0.1, 0.15) is 4.90 Å². The average molecular weight is 506 g/mol. The maximum Gasteiger partial charge on any atom is 0.290 e. The Balaban J connectivity index is 1.47. The molecule has 34 heavy (non-hydrogen) atoms. The summed E-state index contributed by atoms with van der Waals surface area (Å²) in [4.78, 5) is 36.7. The Bertz CT molecular complexity index is 1420. The number of aromatic amines is 1. The van der Waals surface area contributed by atoms with Crippen molar-refractivity contribution in [2.75, 3.05) is 13.2 Å². The molecule has 2 aromatic carbocycles. The second-order valence-electron chi connectivity index (χ2n) is 7.49. The first-order valence-electron chi connectivity index (χ1n) is 10.2. The van der Waals surface area contributed by atoms with E-state index in [2.05, 4.69) is 25.8 Å². The Hall–Kier alpha value is -3.32. The van der Waals surface area contributed by atoms with Gasteiger partial charge in [0.05, 0.1) is 16.5 Å². The molecular formula is C21H20ClN5O6S. The van der Waals surface area contributed by atoms with E-state index in [1.54, 1.807) is 18.2 Å². The molecule has 1 aromatic heterocycles. The van der Waals surface area contributed by atoms with E-state index in [-0.39, 0.29) is 39.2 Å². The van der Waals surface area contributed by atoms with Crippen LogP contribution in [0.25, 0.3) is 10.8 Å². The molecule has 13 heteroatoms. The Labute approximate surface area is 198 Å². The molecule has 1 saturated heterocycles. The van der Waals surface area contributed by atoms with Gasteiger partial charge in [0.15, 0.2) is 5.69 Å². The quantitative estimate of drug-likeness (QED) is 0.365. The van der Waals surface area contributed by atoms with Crippen LogP contribution in [-0.4, -0.2) is 49.7 Å². The highest BCUT2D eigenvalue weighted by atomic mass is 35.5. The van der Waals surface area contributed by atoms with Crippen molar-refractivity contribution >= 4 is 44.2 Å². The number of benzene rings is 2. The van der Waals surface area contributed by atoms with E-state index in [1.807, 2.05) is 0 Å². The van der Waals surface area contributed by atoms with Crippen molar-refractivity contribution in [2.45, 2.75) is 23.8 Å². The molecule has 0 radical (unpaired) electrons. The van der Waals surface area contributed by atoms with E-state index in [0.717, 1.165) is 18.9 Å². The summed E-state index contributed by atoms with van der Waals surface area (Å²) < 4.78 is 33.2. The molecule has 0 aliphatic carbocycles. The highest BCUT2D eigenvalue weighted by Crippen LogP contribution is 2.23. The minimum absolute atomic E-state index is 0.0542. The van der Waals surface area contributed by atoms with Crippen molar-refractivity contribution in [2.24, 2.45) is 0 Å². The lowest BCUT2D eigenvalue weighted by Gasteiger charge is -2.13. The number of aromatic nitrogens is 2. The van der Waals surface area contributed by atoms with Crippen molar-refractivity contribution in [3.63, 3.8) is 0 Å². The van der Waals surface area contributed by atoms with Crippen LogP contribution in [0.2, 0.25) is 5.02 Å². The maximum atomic E-state index is 12.7. The molecule has 1 aliphatic rings. The summed E-state index contributed by atoms with van der Waals surface area (Å²) >= 11 is 6.07. The van der Waals surface area contributed by atoms with Crippen molar-refractivity contribution in [1.82, 2.24) is 25.8 Å². The van der Waals surface area contributed by atoms with Crippen LogP contribution in [0, 0.1) is 0 Å². The summed E-state index contributed by atoms with van der Waals surface area (Å²) in [6, 6.07) is 10.1. The Kier molecular flexibility index (Phi) is 6.93. The summed E-state index contributed by atoms with van der Waals surface area (Å²) in [5.41, 5.74) is 3.79. The molecule has 0 bridgehead atoms. The number of rotatable bonds is 6. The number of carbonyl (C=O) groups is 2. The molecule has 0 spiro atoms. The number of halogens is 1. The number of hydrogen-bond donors (Lipinski definition) is 4. The molecule has 4 N–H and O–H groups in total. The van der Waals surface area contributed by atoms with Crippen LogP contribution >= 0.6 is 11.6 Å². The number of sulfonamides is 1. The number of fused-ring (bicyclic) bond motifs is 1. The van der Waals surface area contributed by atoms with Gasteiger partial charge in [-0.1, -0.05) is 29.8 Å². The molecule has 0 unspecified atom stereocenters. The molecule has 0 saturated carbocycles. The SMILES string of the molecule is O=C(NNC(=O)c1n[nH]c(=O)c2ccccc12)c1ccc(Cl)c(S(=O)(=O)NC[C@H]2CCCO2)c1. The summed E-state index contributed by atoms with van der Waals surface area (Å²) in [6.07, 6.45) is 1.39. The first kappa shape index (κ1) is 23.8. The summed E-state index contributed by atoms with van der Waals surface area (Å²) in [7, 11) is -4.01. The maximum absolute atomic E-state index is 12.7. The third kappa shape index (κ3) is 5.09. The third-order valence-corrected chi connectivity index (χ3v) is 7.11. The van der Waals surface area contributed by atoms with Crippen LogP contribution in [0.5, 0.6) is 0 Å². The third-order valence-electron chi connectivity index (χ3n) is 5.21. The van der Waals surface area contributed by atoms with Crippen LogP contribution in [0.1, 0.15) is 33.7 Å². The zero-order valence-electron chi connectivity index (χ0n) is 17.6. The predicted octanol–water partition coefficient (Wildman–Crippen LogP) is 1.11. The lowest BCUT2D eigenvalue weighted by atomic mass is 10.1. The first-order valence-corrected chi connectivity index (χ1v) is 12.1. The second-order valence-corrected chi connectivity index (χ2v) is 9.63. The van der Waals surface area contributed by atoms with E-state index >= 15 is 0 Å². The molecule has 2 amide bonds. The topological polar surface area (TPSA) is 159 Å². The number of ether oxygens (including phenoxy) is 1. The van der Waals surface area contributed by atoms with Crippen LogP contribution in [0.15, 0.2) is 52.2 Å². The lowest BCUT2D eigenvalue weighted by Crippen LogP contribution is -2.42. The Morgan fingerprint density at radius 2 is 1.85 bits per heavy atom. The highest BCUT2D eigenvalue weighted by molar-refractivity contribution is 7.89. The van der Waals surface area contributed by atoms with Crippen molar-refractivity contribution in [3.8, 4) is 0 Å². The minimum atomic E-state index is -4.01. The van der Waals surface area contributed by atoms with Crippen LogP contribution in [0.3, 0.4) is 0 Å². The molecule has 3 aromatic rings. The molecular weight excluding hydrogens is 486 g/mol. The molecule has 2 heterocycles. The van der Waals surface area contributed by atoms with E-state index in [0.29, 0.717) is 12.0 Å². The zero-order chi connectivity index (χ0) is 24.3. The van der Waals surface area contributed by atoms with E-state index in [1.165, 1.54) is 18.2 Å². The number of H-pyrrole nitrogens is 1. The number of hydrazine groups is 1. The Morgan fingerprint density at radius 1 is 1.12 bits per heavy atom. The fourth-order valence-electron chi connectivity index (χ4n) is 3.47. The van der Waals surface area contributed by atoms with E-state index in [9.17, 15) is 22.8 Å². The monoisotopic (exact) mass is 505 g/mol. The first-order chi connectivity index (χ1) is 16.3. The zero-order valence-corrected chi connectivity index (χ0v) is 19.2. The molecule has 178 valence electrons. The molecule has 4 rings (SSSR count). The van der Waals surface area contributed by atoms with Crippen LogP contribution in [-0.2, 0) is 14.8 Å². The normalized spacial score (nSPS) is 15.9. The fraction of sp³-hybridized carbons (Fsp3) is 0.238. The van der Waals surface area contributed by atoms with E-state index in [4.69, 9.17) is 16.3 Å². The van der Waals surface area contributed by atoms with Gasteiger partial charge in [0.2, 0.25) is 10.0 Å². The van der Waals surface area contributed by atoms with Crippen molar-refractivity contribution in [3.05, 3.63) is 69.1 Å². The van der Waals surface area contributed by atoms with E-state index < -0.39 is 27.4 Å². The predicted molar refractivity (Wildman–Crippen MR) is 123 cm³/mol. The van der Waals surface area contributed by atoms with Gasteiger partial charge in [-0.05, 0) is 37.1 Å². The molecule has 11 nitrogen and oxygen atoms in total. The summed E-state index contributed by atoms with van der Waals surface area (Å²) in [5, 5.41) is 6.48. The van der Waals surface area contributed by atoms with Gasteiger partial charge in [0.25, 0.3) is 17.4 Å². The van der Waals surface area contributed by atoms with Gasteiger partial charge in [-0.25, -0.2) is 18.2 Å². The number of amides is 2. The van der Waals surface area contributed by atoms with Crippen LogP contribution in [0.4, 0.5) is 0 Å². The smallest absolute Gasteiger partial charge is 0.290 e. The highest BCUT2D eigenvalue weighted by Gasteiger charge is 2.24. The van der Waals surface area contributed by atoms with Gasteiger partial charge < -0.3 is 4.74 Å². The summed E-state index contributed by atoms with van der Waals surface area (Å²) in [6.45, 7) is 0.671.